The van der Waals surface area contributed by atoms with Crippen LogP contribution in [0.4, 0.5) is 5.69 Å². The minimum absolute atomic E-state index is 0.0805. The summed E-state index contributed by atoms with van der Waals surface area (Å²) >= 11 is 0. The van der Waals surface area contributed by atoms with Crippen LogP contribution in [0.3, 0.4) is 0 Å². The molecule has 44 heavy (non-hydrogen) atoms. The number of amides is 2. The van der Waals surface area contributed by atoms with Crippen molar-refractivity contribution in [1.82, 2.24) is 10.2 Å². The van der Waals surface area contributed by atoms with Crippen molar-refractivity contribution >= 4 is 27.5 Å². The molecular formula is C36H41N3O4S. The third kappa shape index (κ3) is 8.35. The molecule has 0 aliphatic carbocycles. The molecule has 0 fully saturated rings. The summed E-state index contributed by atoms with van der Waals surface area (Å²) in [7, 11) is -4.11. The van der Waals surface area contributed by atoms with Crippen LogP contribution in [0.25, 0.3) is 0 Å². The predicted octanol–water partition coefficient (Wildman–Crippen LogP) is 6.06. The summed E-state index contributed by atoms with van der Waals surface area (Å²) in [4.78, 5) is 29.9. The van der Waals surface area contributed by atoms with Crippen LogP contribution in [-0.2, 0) is 32.6 Å². The van der Waals surface area contributed by atoms with Gasteiger partial charge in [-0.25, -0.2) is 8.42 Å². The maximum atomic E-state index is 14.5. The summed E-state index contributed by atoms with van der Waals surface area (Å²) in [5, 5.41) is 3.02. The number of rotatable bonds is 14. The lowest BCUT2D eigenvalue weighted by atomic mass is 10.0. The molecule has 0 saturated carbocycles. The third-order valence-corrected chi connectivity index (χ3v) is 9.42. The Morgan fingerprint density at radius 2 is 1.41 bits per heavy atom. The van der Waals surface area contributed by atoms with Crippen LogP contribution in [-0.4, -0.2) is 44.3 Å². The summed E-state index contributed by atoms with van der Waals surface area (Å²) in [5.74, 6) is -0.739. The molecule has 8 heteroatoms. The normalized spacial score (nSPS) is 11.9. The Morgan fingerprint density at radius 3 is 2.05 bits per heavy atom. The Labute approximate surface area is 261 Å². The molecule has 0 aliphatic heterocycles. The summed E-state index contributed by atoms with van der Waals surface area (Å²) in [6.07, 6.45) is 2.01. The van der Waals surface area contributed by atoms with Crippen molar-refractivity contribution in [3.8, 4) is 0 Å². The molecule has 0 unspecified atom stereocenters. The van der Waals surface area contributed by atoms with Crippen LogP contribution in [0, 0.1) is 13.8 Å². The first-order valence-corrected chi connectivity index (χ1v) is 16.4. The largest absolute Gasteiger partial charge is 0.354 e. The van der Waals surface area contributed by atoms with Crippen molar-refractivity contribution in [3.05, 3.63) is 131 Å². The van der Waals surface area contributed by atoms with E-state index >= 15 is 0 Å². The standard InChI is InChI=1S/C36H41N3O4S/c1-4-5-24-37-36(41)34(25-30-15-8-6-9-16-30)38(26-31-17-13-12-14-29(31)3)35(40)27-39(32-22-20-28(2)21-23-32)44(42,43)33-18-10-7-11-19-33/h6-23,34H,4-5,24-27H2,1-3H3,(H,37,41)/t34-/m1/s1. The number of sulfonamides is 1. The van der Waals surface area contributed by atoms with Gasteiger partial charge in [-0.05, 0) is 61.2 Å². The first-order valence-electron chi connectivity index (χ1n) is 15.0. The average Bonchev–Trinajstić information content (AvgIpc) is 3.03. The van der Waals surface area contributed by atoms with Gasteiger partial charge in [0, 0.05) is 19.5 Å². The molecule has 0 bridgehead atoms. The van der Waals surface area contributed by atoms with Gasteiger partial charge in [0.25, 0.3) is 10.0 Å². The van der Waals surface area contributed by atoms with Crippen LogP contribution in [0.1, 0.15) is 42.0 Å². The van der Waals surface area contributed by atoms with Crippen LogP contribution in [0.5, 0.6) is 0 Å². The zero-order valence-electron chi connectivity index (χ0n) is 25.6. The molecular weight excluding hydrogens is 570 g/mol. The molecule has 4 aromatic rings. The van der Waals surface area contributed by atoms with E-state index < -0.39 is 28.5 Å². The molecule has 0 aromatic heterocycles. The highest BCUT2D eigenvalue weighted by molar-refractivity contribution is 7.92. The van der Waals surface area contributed by atoms with Gasteiger partial charge in [-0.2, -0.15) is 0 Å². The van der Waals surface area contributed by atoms with E-state index in [2.05, 4.69) is 12.2 Å². The number of carbonyl (C=O) groups is 2. The Bertz CT molecular complexity index is 1630. The van der Waals surface area contributed by atoms with E-state index in [0.29, 0.717) is 12.2 Å². The maximum absolute atomic E-state index is 14.5. The van der Waals surface area contributed by atoms with Crippen LogP contribution < -0.4 is 9.62 Å². The fraction of sp³-hybridized carbons (Fsp3) is 0.278. The van der Waals surface area contributed by atoms with Gasteiger partial charge < -0.3 is 10.2 Å². The second-order valence-electron chi connectivity index (χ2n) is 11.0. The minimum Gasteiger partial charge on any atom is -0.354 e. The summed E-state index contributed by atoms with van der Waals surface area (Å²) in [6.45, 7) is 6.10. The lowest BCUT2D eigenvalue weighted by Crippen LogP contribution is -2.53. The van der Waals surface area contributed by atoms with Crippen molar-refractivity contribution in [1.29, 1.82) is 0 Å². The Balaban J connectivity index is 1.78. The lowest BCUT2D eigenvalue weighted by Gasteiger charge is -2.34. The Hall–Kier alpha value is -4.43. The first kappa shape index (κ1) is 32.5. The van der Waals surface area contributed by atoms with Crippen molar-refractivity contribution in [2.45, 2.75) is 57.5 Å². The molecule has 4 rings (SSSR count). The van der Waals surface area contributed by atoms with Crippen LogP contribution in [0.2, 0.25) is 0 Å². The molecule has 0 radical (unpaired) electrons. The second-order valence-corrected chi connectivity index (χ2v) is 12.8. The molecule has 230 valence electrons. The van der Waals surface area contributed by atoms with Gasteiger partial charge in [0.15, 0.2) is 0 Å². The Morgan fingerprint density at radius 1 is 0.795 bits per heavy atom. The molecule has 2 amide bonds. The van der Waals surface area contributed by atoms with Crippen molar-refractivity contribution in [2.24, 2.45) is 0 Å². The number of anilines is 1. The topological polar surface area (TPSA) is 86.8 Å². The smallest absolute Gasteiger partial charge is 0.264 e. The summed E-state index contributed by atoms with van der Waals surface area (Å²) in [5.41, 5.74) is 4.09. The van der Waals surface area contributed by atoms with E-state index in [0.717, 1.165) is 39.4 Å². The number of aryl methyl sites for hydroxylation is 2. The van der Waals surface area contributed by atoms with E-state index in [1.54, 1.807) is 30.3 Å². The van der Waals surface area contributed by atoms with E-state index in [1.807, 2.05) is 80.6 Å². The van der Waals surface area contributed by atoms with E-state index in [4.69, 9.17) is 0 Å². The van der Waals surface area contributed by atoms with Gasteiger partial charge in [-0.15, -0.1) is 0 Å². The van der Waals surface area contributed by atoms with E-state index in [1.165, 1.54) is 17.0 Å². The number of nitrogens with one attached hydrogen (secondary N) is 1. The number of benzene rings is 4. The summed E-state index contributed by atoms with van der Waals surface area (Å²) < 4.78 is 29.2. The molecule has 0 heterocycles. The van der Waals surface area contributed by atoms with Crippen molar-refractivity contribution in [2.75, 3.05) is 17.4 Å². The first-order chi connectivity index (χ1) is 21.2. The number of hydrogen-bond acceptors (Lipinski definition) is 4. The number of unbranched alkanes of at least 4 members (excludes halogenated alkanes) is 1. The van der Waals surface area contributed by atoms with E-state index in [9.17, 15) is 18.0 Å². The monoisotopic (exact) mass is 611 g/mol. The molecule has 0 spiro atoms. The third-order valence-electron chi connectivity index (χ3n) is 7.63. The van der Waals surface area contributed by atoms with Gasteiger partial charge in [-0.3, -0.25) is 13.9 Å². The predicted molar refractivity (Wildman–Crippen MR) is 176 cm³/mol. The Kier molecular flexibility index (Phi) is 11.3. The average molecular weight is 612 g/mol. The maximum Gasteiger partial charge on any atom is 0.264 e. The summed E-state index contributed by atoms with van der Waals surface area (Å²) in [6, 6.07) is 31.6. The van der Waals surface area contributed by atoms with Crippen molar-refractivity contribution < 1.29 is 18.0 Å². The highest BCUT2D eigenvalue weighted by Crippen LogP contribution is 2.25. The highest BCUT2D eigenvalue weighted by Gasteiger charge is 2.34. The molecule has 1 N–H and O–H groups in total. The van der Waals surface area contributed by atoms with Crippen LogP contribution >= 0.6 is 0 Å². The molecule has 0 aliphatic rings. The van der Waals surface area contributed by atoms with Gasteiger partial charge in [-0.1, -0.05) is 104 Å². The number of nitrogens with zero attached hydrogens (tertiary/aromatic N) is 2. The second kappa shape index (κ2) is 15.3. The van der Waals surface area contributed by atoms with Gasteiger partial charge in [0.1, 0.15) is 12.6 Å². The number of carbonyl (C=O) groups excluding carboxylic acids is 2. The van der Waals surface area contributed by atoms with Gasteiger partial charge >= 0.3 is 0 Å². The zero-order chi connectivity index (χ0) is 31.5. The quantitative estimate of drug-likeness (QED) is 0.176. The fourth-order valence-corrected chi connectivity index (χ4v) is 6.43. The van der Waals surface area contributed by atoms with Gasteiger partial charge in [0.2, 0.25) is 11.8 Å². The van der Waals surface area contributed by atoms with Crippen molar-refractivity contribution in [3.63, 3.8) is 0 Å². The molecule has 4 aromatic carbocycles. The minimum atomic E-state index is -4.11. The van der Waals surface area contributed by atoms with Crippen LogP contribution in [0.15, 0.2) is 114 Å². The molecule has 1 atom stereocenters. The molecule has 0 saturated heterocycles. The fourth-order valence-electron chi connectivity index (χ4n) is 4.99. The SMILES string of the molecule is CCCCNC(=O)[C@@H](Cc1ccccc1)N(Cc1ccccc1C)C(=O)CN(c1ccc(C)cc1)S(=O)(=O)c1ccccc1. The lowest BCUT2D eigenvalue weighted by molar-refractivity contribution is -0.140. The zero-order valence-corrected chi connectivity index (χ0v) is 26.5. The molecule has 7 nitrogen and oxygen atoms in total. The highest BCUT2D eigenvalue weighted by atomic mass is 32.2. The van der Waals surface area contributed by atoms with Gasteiger partial charge in [0.05, 0.1) is 10.6 Å². The number of hydrogen-bond donors (Lipinski definition) is 1. The van der Waals surface area contributed by atoms with E-state index in [-0.39, 0.29) is 23.8 Å².